The first-order valence-corrected chi connectivity index (χ1v) is 36.4. The maximum absolute atomic E-state index is 14.6. The van der Waals surface area contributed by atoms with Crippen LogP contribution >= 0.6 is 0 Å². The van der Waals surface area contributed by atoms with Gasteiger partial charge in [-0.25, -0.2) is 0 Å². The first-order valence-electron chi connectivity index (χ1n) is 36.4. The van der Waals surface area contributed by atoms with Crippen molar-refractivity contribution >= 4 is 94.5 Å². The molecule has 18 N–H and O–H groups in total. The van der Waals surface area contributed by atoms with E-state index in [-0.39, 0.29) is 50.5 Å². The minimum atomic E-state index is -1.90. The normalized spacial score (nSPS) is 18.3. The second-order valence-electron chi connectivity index (χ2n) is 32.7. The lowest BCUT2D eigenvalue weighted by molar-refractivity contribution is -0.147. The monoisotopic (exact) mass is 1520 g/mol. The van der Waals surface area contributed by atoms with Gasteiger partial charge in [0.2, 0.25) is 94.5 Å². The SMILES string of the molecule is CCC(C)(NC(=O)C(CCC(N)=O)NC(=O)C1CC(O)CN1C(=O)C(C)(C)NC(=O)C(C)(C)NC(=O)C(CC(C)C)NC(=O)CNC(=O)C(NC(=O)C(C)(C)NC(=O)C(C)(C)NC(=O)C(C)(C)NC(=O)C(NC(C)=O)C(C)C)C(C)C)C(=O)N1CC(O)CC1C(=O)NC(C)(C)C(=O)NC(CO)Cc1ccccc1. The molecule has 0 spiro atoms. The first kappa shape index (κ1) is 92.8. The van der Waals surface area contributed by atoms with Crippen LogP contribution in [0.15, 0.2) is 30.3 Å². The zero-order valence-electron chi connectivity index (χ0n) is 66.4. The summed E-state index contributed by atoms with van der Waals surface area (Å²) in [6, 6.07) is 0.333. The van der Waals surface area contributed by atoms with Crippen LogP contribution in [0.5, 0.6) is 0 Å². The molecule has 35 nitrogen and oxygen atoms in total. The Morgan fingerprint density at radius 2 is 0.935 bits per heavy atom. The summed E-state index contributed by atoms with van der Waals surface area (Å²) < 4.78 is 0. The van der Waals surface area contributed by atoms with Gasteiger partial charge in [-0.1, -0.05) is 78.8 Å². The van der Waals surface area contributed by atoms with Crippen LogP contribution in [-0.4, -0.2) is 239 Å². The zero-order chi connectivity index (χ0) is 82.9. The van der Waals surface area contributed by atoms with E-state index in [9.17, 15) is 92.0 Å². The molecule has 10 atom stereocenters. The number of β-amino-alcohol motifs (C(OH)–C–C–N with tert-alkyl or cyclic N) is 2. The Bertz CT molecular complexity index is 3480. The molecule has 0 aromatic heterocycles. The van der Waals surface area contributed by atoms with Gasteiger partial charge in [0.25, 0.3) is 0 Å². The molecule has 0 radical (unpaired) electrons. The Balaban J connectivity index is 1.71. The summed E-state index contributed by atoms with van der Waals surface area (Å²) in [5, 5.41) is 65.6. The van der Waals surface area contributed by atoms with Crippen LogP contribution in [0.4, 0.5) is 0 Å². The number of aliphatic hydroxyl groups is 3. The van der Waals surface area contributed by atoms with E-state index in [1.165, 1.54) is 96.9 Å². The molecule has 2 aliphatic heterocycles. The van der Waals surface area contributed by atoms with Gasteiger partial charge >= 0.3 is 0 Å². The van der Waals surface area contributed by atoms with Crippen molar-refractivity contribution in [3.05, 3.63) is 35.9 Å². The fraction of sp³-hybridized carbons (Fsp3) is 0.699. The number of carbonyl (C=O) groups is 16. The number of aliphatic hydroxyl groups excluding tert-OH is 3. The summed E-state index contributed by atoms with van der Waals surface area (Å²) >= 11 is 0. The number of benzene rings is 1. The van der Waals surface area contributed by atoms with E-state index in [0.717, 1.165) is 15.4 Å². The van der Waals surface area contributed by atoms with Gasteiger partial charge in [-0.2, -0.15) is 0 Å². The van der Waals surface area contributed by atoms with Crippen LogP contribution in [0.3, 0.4) is 0 Å². The third-order valence-electron chi connectivity index (χ3n) is 18.7. The fourth-order valence-corrected chi connectivity index (χ4v) is 11.8. The highest BCUT2D eigenvalue weighted by molar-refractivity contribution is 6.03. The lowest BCUT2D eigenvalue weighted by Gasteiger charge is -2.37. The van der Waals surface area contributed by atoms with Crippen molar-refractivity contribution in [1.29, 1.82) is 0 Å². The molecule has 1 aromatic carbocycles. The van der Waals surface area contributed by atoms with Crippen molar-refractivity contribution in [2.45, 2.75) is 284 Å². The quantitative estimate of drug-likeness (QED) is 0.0313. The molecular formula is C73H120N16O19. The molecule has 0 saturated carbocycles. The molecule has 606 valence electrons. The number of primary amides is 1. The number of nitrogens with two attached hydrogens (primary N) is 1. The predicted octanol–water partition coefficient (Wildman–Crippen LogP) is -3.02. The molecule has 2 heterocycles. The lowest BCUT2D eigenvalue weighted by Crippen LogP contribution is -2.67. The van der Waals surface area contributed by atoms with E-state index >= 15 is 0 Å². The van der Waals surface area contributed by atoms with Gasteiger partial charge in [-0.05, 0) is 139 Å². The zero-order valence-corrected chi connectivity index (χ0v) is 66.4. The molecule has 0 aliphatic carbocycles. The number of carbonyl (C=O) groups excluding carboxylic acids is 16. The lowest BCUT2D eigenvalue weighted by atomic mass is 9.94. The summed E-state index contributed by atoms with van der Waals surface area (Å²) in [6.07, 6.45) is -3.84. The largest absolute Gasteiger partial charge is 0.394 e. The third kappa shape index (κ3) is 26.5. The summed E-state index contributed by atoms with van der Waals surface area (Å²) in [7, 11) is 0. The number of nitrogens with one attached hydrogen (secondary N) is 13. The standard InChI is InChI=1S/C73H120N16O19/c1-22-73(21,66(108)89-36-45(93)33-49(89)57(99)82-67(9,10)60(102)77-43(37-90)31-42-26-24-23-25-27-42)84-54(96)46(28-29-50(74)94)79-56(98)48-32-44(92)35-88(48)65(107)72(19,20)87-63(105)69(13,14)81-55(97)47(30-38(2)3)78-51(95)34-75-58(100)52(39(4)5)80-61(103)68(11,12)85-64(106)71(17,18)86-62(104)70(15,16)83-59(101)53(40(6)7)76-41(8)91/h23-27,38-40,43-49,52-53,90,92-93H,22,28-37H2,1-21H3,(H2,74,94)(H,75,100)(H,76,91)(H,77,102)(H,78,95)(H,79,98)(H,80,103)(H,81,97)(H,82,99)(H,83,101)(H,84,96)(H,85,106)(H,86,104)(H,87,105). The average Bonchev–Trinajstić information content (AvgIpc) is 1.58. The molecule has 2 aliphatic rings. The van der Waals surface area contributed by atoms with Crippen molar-refractivity contribution in [2.24, 2.45) is 23.5 Å². The highest BCUT2D eigenvalue weighted by Crippen LogP contribution is 2.28. The van der Waals surface area contributed by atoms with Gasteiger partial charge in [0, 0.05) is 39.3 Å². The Labute approximate surface area is 632 Å². The highest BCUT2D eigenvalue weighted by atomic mass is 16.3. The Kier molecular flexibility index (Phi) is 32.8. The Hall–Kier alpha value is -9.38. The van der Waals surface area contributed by atoms with Gasteiger partial charge < -0.3 is 100.0 Å². The number of hydrogen-bond donors (Lipinski definition) is 17. The molecular weight excluding hydrogens is 1400 g/mol. The number of nitrogens with zero attached hydrogens (tertiary/aromatic N) is 2. The second kappa shape index (κ2) is 38.1. The molecule has 0 bridgehead atoms. The van der Waals surface area contributed by atoms with Crippen LogP contribution in [0.2, 0.25) is 0 Å². The number of amides is 16. The van der Waals surface area contributed by atoms with Crippen LogP contribution in [-0.2, 0) is 83.1 Å². The fourth-order valence-electron chi connectivity index (χ4n) is 11.8. The van der Waals surface area contributed by atoms with E-state index in [2.05, 4.69) is 69.1 Å². The number of rotatable bonds is 38. The van der Waals surface area contributed by atoms with E-state index in [1.54, 1.807) is 60.6 Å². The van der Waals surface area contributed by atoms with Crippen molar-refractivity contribution in [3.8, 4) is 0 Å². The van der Waals surface area contributed by atoms with Crippen molar-refractivity contribution < 1.29 is 92.0 Å². The van der Waals surface area contributed by atoms with E-state index in [0.29, 0.717) is 0 Å². The van der Waals surface area contributed by atoms with E-state index in [1.807, 2.05) is 18.2 Å². The van der Waals surface area contributed by atoms with E-state index in [4.69, 9.17) is 5.73 Å². The van der Waals surface area contributed by atoms with Crippen molar-refractivity contribution in [3.63, 3.8) is 0 Å². The van der Waals surface area contributed by atoms with Crippen molar-refractivity contribution in [1.82, 2.24) is 78.9 Å². The second-order valence-corrected chi connectivity index (χ2v) is 32.7. The highest BCUT2D eigenvalue weighted by Gasteiger charge is 2.51. The number of likely N-dealkylation sites (tertiary alicyclic amines) is 2. The van der Waals surface area contributed by atoms with Gasteiger partial charge in [0.15, 0.2) is 0 Å². The molecule has 35 heteroatoms. The Morgan fingerprint density at radius 3 is 1.41 bits per heavy atom. The summed E-state index contributed by atoms with van der Waals surface area (Å²) in [4.78, 5) is 221. The average molecular weight is 1530 g/mol. The topological polar surface area (TPSA) is 523 Å². The van der Waals surface area contributed by atoms with Crippen LogP contribution < -0.4 is 74.9 Å². The van der Waals surface area contributed by atoms with Crippen LogP contribution in [0.1, 0.15) is 189 Å². The molecule has 16 amide bonds. The maximum Gasteiger partial charge on any atom is 0.248 e. The van der Waals surface area contributed by atoms with Gasteiger partial charge in [0.1, 0.15) is 75.0 Å². The Morgan fingerprint density at radius 1 is 0.500 bits per heavy atom. The summed E-state index contributed by atoms with van der Waals surface area (Å²) in [5.74, 6) is -14.2. The molecule has 3 rings (SSSR count). The minimum absolute atomic E-state index is 0.0193. The molecule has 108 heavy (non-hydrogen) atoms. The summed E-state index contributed by atoms with van der Waals surface area (Å²) in [5.41, 5.74) is -5.85. The first-order chi connectivity index (χ1) is 49.5. The van der Waals surface area contributed by atoms with Gasteiger partial charge in [-0.15, -0.1) is 0 Å². The predicted molar refractivity (Wildman–Crippen MR) is 396 cm³/mol. The molecule has 2 saturated heterocycles. The molecule has 1 aromatic rings. The van der Waals surface area contributed by atoms with E-state index < -0.39 is 226 Å². The van der Waals surface area contributed by atoms with Gasteiger partial charge in [0.05, 0.1) is 31.4 Å². The van der Waals surface area contributed by atoms with Crippen molar-refractivity contribution in [2.75, 3.05) is 26.2 Å². The van der Waals surface area contributed by atoms with Crippen LogP contribution in [0, 0.1) is 17.8 Å². The smallest absolute Gasteiger partial charge is 0.248 e. The molecule has 2 fully saturated rings. The summed E-state index contributed by atoms with van der Waals surface area (Å²) in [6.45, 7) is 28.7. The molecule has 10 unspecified atom stereocenters. The minimum Gasteiger partial charge on any atom is -0.394 e. The third-order valence-corrected chi connectivity index (χ3v) is 18.7. The van der Waals surface area contributed by atoms with Gasteiger partial charge in [-0.3, -0.25) is 76.7 Å². The van der Waals surface area contributed by atoms with Crippen LogP contribution in [0.25, 0.3) is 0 Å². The number of hydrogen-bond acceptors (Lipinski definition) is 19. The maximum atomic E-state index is 14.6.